The first-order chi connectivity index (χ1) is 10.8. The highest BCUT2D eigenvalue weighted by Crippen LogP contribution is 2.44. The molecule has 0 heteroatoms. The average Bonchev–Trinajstić information content (AvgIpc) is 2.57. The van der Waals surface area contributed by atoms with Gasteiger partial charge in [-0.2, -0.15) is 0 Å². The van der Waals surface area contributed by atoms with Gasteiger partial charge in [-0.25, -0.2) is 0 Å². The molecule has 126 valence electrons. The maximum atomic E-state index is 2.37. The predicted molar refractivity (Wildman–Crippen MR) is 100 cm³/mol. The Hall–Kier alpha value is -0.780. The molecule has 0 radical (unpaired) electrons. The molecule has 0 unspecified atom stereocenters. The summed E-state index contributed by atoms with van der Waals surface area (Å²) in [6.07, 6.45) is 14.8. The molecule has 2 saturated carbocycles. The van der Waals surface area contributed by atoms with E-state index in [0.717, 1.165) is 23.7 Å². The second-order valence-electron chi connectivity index (χ2n) is 8.09. The third-order valence-electron chi connectivity index (χ3n) is 6.58. The largest absolute Gasteiger partial charge is 0.0654 e. The molecule has 1 aromatic carbocycles. The van der Waals surface area contributed by atoms with E-state index in [1.165, 1.54) is 69.8 Å². The Morgan fingerprint density at radius 1 is 0.818 bits per heavy atom. The molecule has 0 aromatic heterocycles. The average molecular weight is 303 g/mol. The maximum absolute atomic E-state index is 2.37. The molecule has 22 heavy (non-hydrogen) atoms. The van der Waals surface area contributed by atoms with E-state index in [9.17, 15) is 0 Å². The molecule has 2 fully saturated rings. The summed E-state index contributed by atoms with van der Waals surface area (Å²) in [6, 6.07) is 9.32. The molecule has 2 aliphatic rings. The second-order valence-corrected chi connectivity index (χ2v) is 8.09. The summed E-state index contributed by atoms with van der Waals surface area (Å²) in [5.41, 5.74) is 2.98. The van der Waals surface area contributed by atoms with Gasteiger partial charge in [0.1, 0.15) is 0 Å². The number of rotatable bonds is 4. The zero-order valence-corrected chi connectivity index (χ0v) is 14.7. The summed E-state index contributed by atoms with van der Waals surface area (Å²) < 4.78 is 0. The van der Waals surface area contributed by atoms with Crippen molar-refractivity contribution in [2.45, 2.75) is 84.0 Å². The van der Waals surface area contributed by atoms with Crippen molar-refractivity contribution in [3.8, 4) is 0 Å². The minimum Gasteiger partial charge on any atom is -0.0654 e. The minimum atomic E-state index is 0. The quantitative estimate of drug-likeness (QED) is 0.544. The lowest BCUT2D eigenvalue weighted by Crippen LogP contribution is -2.25. The summed E-state index contributed by atoms with van der Waals surface area (Å²) in [6.45, 7) is 4.54. The summed E-state index contributed by atoms with van der Waals surface area (Å²) in [5, 5.41) is 0. The van der Waals surface area contributed by atoms with Crippen LogP contribution < -0.4 is 0 Å². The van der Waals surface area contributed by atoms with Crippen molar-refractivity contribution in [3.05, 3.63) is 35.4 Å². The van der Waals surface area contributed by atoms with Crippen LogP contribution in [0.25, 0.3) is 0 Å². The molecular formula is C22H38. The zero-order valence-electron chi connectivity index (χ0n) is 14.7. The van der Waals surface area contributed by atoms with Crippen LogP contribution in [-0.4, -0.2) is 0 Å². The van der Waals surface area contributed by atoms with Gasteiger partial charge in [0.25, 0.3) is 0 Å². The van der Waals surface area contributed by atoms with Crippen LogP contribution in [-0.2, 0) is 0 Å². The Labute approximate surface area is 140 Å². The maximum Gasteiger partial charge on any atom is 0 e. The molecule has 0 bridgehead atoms. The standard InChI is InChI=1S/C22H34.2H2/c1-3-4-18-7-11-20(12-8-18)22-15-13-21(14-16-22)19-9-5-17(2)6-10-19;;/h5-6,9-10,18,20-22H,3-4,7-8,11-16H2,1-2H3;2*1H. The van der Waals surface area contributed by atoms with Crippen LogP contribution in [0.3, 0.4) is 0 Å². The fraction of sp³-hybridized carbons (Fsp3) is 0.727. The molecule has 0 amide bonds. The van der Waals surface area contributed by atoms with Crippen molar-refractivity contribution < 1.29 is 2.85 Å². The van der Waals surface area contributed by atoms with Gasteiger partial charge in [-0.15, -0.1) is 0 Å². The Bertz CT molecular complexity index is 438. The van der Waals surface area contributed by atoms with Gasteiger partial charge >= 0.3 is 0 Å². The molecule has 1 aromatic rings. The Morgan fingerprint density at radius 2 is 1.36 bits per heavy atom. The van der Waals surface area contributed by atoms with Gasteiger partial charge in [0.15, 0.2) is 0 Å². The fourth-order valence-corrected chi connectivity index (χ4v) is 5.12. The molecule has 0 heterocycles. The van der Waals surface area contributed by atoms with E-state index in [2.05, 4.69) is 38.1 Å². The van der Waals surface area contributed by atoms with Crippen LogP contribution in [0.4, 0.5) is 0 Å². The molecule has 0 atom stereocenters. The van der Waals surface area contributed by atoms with Gasteiger partial charge < -0.3 is 0 Å². The van der Waals surface area contributed by atoms with E-state index in [1.807, 2.05) is 0 Å². The van der Waals surface area contributed by atoms with Crippen molar-refractivity contribution in [3.63, 3.8) is 0 Å². The Balaban J connectivity index is 0.00000144. The summed E-state index contributed by atoms with van der Waals surface area (Å²) in [7, 11) is 0. The Morgan fingerprint density at radius 3 is 1.91 bits per heavy atom. The molecule has 0 N–H and O–H groups in total. The highest BCUT2D eigenvalue weighted by Gasteiger charge is 2.30. The van der Waals surface area contributed by atoms with Gasteiger partial charge in [-0.05, 0) is 74.7 Å². The minimum absolute atomic E-state index is 0. The van der Waals surface area contributed by atoms with Gasteiger partial charge in [0, 0.05) is 2.85 Å². The van der Waals surface area contributed by atoms with Crippen LogP contribution in [0.5, 0.6) is 0 Å². The smallest absolute Gasteiger partial charge is 0 e. The monoisotopic (exact) mass is 302 g/mol. The van der Waals surface area contributed by atoms with Gasteiger partial charge in [0.2, 0.25) is 0 Å². The molecule has 0 spiro atoms. The van der Waals surface area contributed by atoms with Gasteiger partial charge in [-0.3, -0.25) is 0 Å². The fourth-order valence-electron chi connectivity index (χ4n) is 5.12. The van der Waals surface area contributed by atoms with E-state index in [-0.39, 0.29) is 2.85 Å². The van der Waals surface area contributed by atoms with Gasteiger partial charge in [0.05, 0.1) is 0 Å². The van der Waals surface area contributed by atoms with E-state index < -0.39 is 0 Å². The lowest BCUT2D eigenvalue weighted by Gasteiger charge is -2.38. The third-order valence-corrected chi connectivity index (χ3v) is 6.58. The first-order valence-corrected chi connectivity index (χ1v) is 9.82. The van der Waals surface area contributed by atoms with Crippen molar-refractivity contribution >= 4 is 0 Å². The summed E-state index contributed by atoms with van der Waals surface area (Å²) >= 11 is 0. The number of benzene rings is 1. The van der Waals surface area contributed by atoms with Crippen molar-refractivity contribution in [1.82, 2.24) is 0 Å². The molecule has 3 rings (SSSR count). The normalized spacial score (nSPS) is 32.8. The first-order valence-electron chi connectivity index (χ1n) is 9.82. The predicted octanol–water partition coefficient (Wildman–Crippen LogP) is 7.37. The first kappa shape index (κ1) is 16.1. The highest BCUT2D eigenvalue weighted by atomic mass is 14.4. The lowest BCUT2D eigenvalue weighted by atomic mass is 9.68. The molecular weight excluding hydrogens is 264 g/mol. The lowest BCUT2D eigenvalue weighted by molar-refractivity contribution is 0.156. The topological polar surface area (TPSA) is 0 Å². The zero-order chi connectivity index (χ0) is 15.4. The second kappa shape index (κ2) is 7.66. The van der Waals surface area contributed by atoms with Crippen molar-refractivity contribution in [2.75, 3.05) is 0 Å². The molecule has 0 aliphatic heterocycles. The number of hydrogen-bond donors (Lipinski definition) is 0. The summed E-state index contributed by atoms with van der Waals surface area (Å²) in [4.78, 5) is 0. The van der Waals surface area contributed by atoms with Crippen molar-refractivity contribution in [1.29, 1.82) is 0 Å². The highest BCUT2D eigenvalue weighted by molar-refractivity contribution is 5.24. The van der Waals surface area contributed by atoms with Crippen LogP contribution in [0, 0.1) is 24.7 Å². The van der Waals surface area contributed by atoms with Gasteiger partial charge in [-0.1, -0.05) is 62.4 Å². The van der Waals surface area contributed by atoms with Crippen LogP contribution in [0.1, 0.15) is 91.0 Å². The Kier molecular flexibility index (Phi) is 5.61. The number of aryl methyl sites for hydroxylation is 1. The molecule has 0 nitrogen and oxygen atoms in total. The van der Waals surface area contributed by atoms with E-state index in [4.69, 9.17) is 0 Å². The van der Waals surface area contributed by atoms with Crippen LogP contribution in [0.15, 0.2) is 24.3 Å². The SMILES string of the molecule is CCCC1CCC(C2CCC(c3ccc(C)cc3)CC2)CC1.[HH].[HH]. The van der Waals surface area contributed by atoms with E-state index in [1.54, 1.807) is 5.56 Å². The van der Waals surface area contributed by atoms with Crippen molar-refractivity contribution in [2.24, 2.45) is 17.8 Å². The van der Waals surface area contributed by atoms with Crippen LogP contribution >= 0.6 is 0 Å². The van der Waals surface area contributed by atoms with Crippen LogP contribution in [0.2, 0.25) is 0 Å². The third kappa shape index (κ3) is 3.94. The molecule has 0 saturated heterocycles. The molecule has 2 aliphatic carbocycles. The summed E-state index contributed by atoms with van der Waals surface area (Å²) in [5.74, 6) is 4.01. The number of hydrogen-bond acceptors (Lipinski definition) is 0. The van der Waals surface area contributed by atoms with E-state index in [0.29, 0.717) is 0 Å². The van der Waals surface area contributed by atoms with E-state index >= 15 is 0 Å².